The van der Waals surface area contributed by atoms with Gasteiger partial charge in [0.15, 0.2) is 18.1 Å². The van der Waals surface area contributed by atoms with Crippen molar-refractivity contribution < 1.29 is 18.3 Å². The van der Waals surface area contributed by atoms with Gasteiger partial charge in [-0.05, 0) is 48.5 Å². The van der Waals surface area contributed by atoms with Crippen LogP contribution in [0.2, 0.25) is 0 Å². The molecule has 156 valence electrons. The lowest BCUT2D eigenvalue weighted by molar-refractivity contribution is 0.0452. The summed E-state index contributed by atoms with van der Waals surface area (Å²) in [6, 6.07) is 11.1. The minimum atomic E-state index is -0.686. The standard InChI is InChI=1S/C20H15F2N7O2/c21-12-1-5-14(6-2-12)25-20-27-17(26-19(23)28-20)10-31-18(30)16-9-24-11-29(16)15-7-3-13(22)4-8-15/h1-9,11H,10H2,(H3,23,25,26,27,28). The van der Waals surface area contributed by atoms with Crippen molar-refractivity contribution >= 4 is 23.6 Å². The fourth-order valence-corrected chi connectivity index (χ4v) is 2.68. The Hall–Kier alpha value is -4.41. The number of ether oxygens (including phenoxy) is 1. The number of nitrogens with two attached hydrogens (primary N) is 1. The van der Waals surface area contributed by atoms with Crippen LogP contribution in [0.15, 0.2) is 61.1 Å². The van der Waals surface area contributed by atoms with Crippen molar-refractivity contribution in [3.8, 4) is 5.69 Å². The molecular weight excluding hydrogens is 408 g/mol. The molecule has 4 rings (SSSR count). The van der Waals surface area contributed by atoms with E-state index in [2.05, 4.69) is 25.3 Å². The van der Waals surface area contributed by atoms with E-state index in [9.17, 15) is 13.6 Å². The number of hydrogen-bond acceptors (Lipinski definition) is 8. The Labute approximate surface area is 174 Å². The maximum atomic E-state index is 13.1. The number of imidazole rings is 1. The number of hydrogen-bond donors (Lipinski definition) is 2. The largest absolute Gasteiger partial charge is 0.453 e. The van der Waals surface area contributed by atoms with Crippen LogP contribution in [0.1, 0.15) is 16.3 Å². The summed E-state index contributed by atoms with van der Waals surface area (Å²) in [5.74, 6) is -1.32. The topological polar surface area (TPSA) is 121 Å². The van der Waals surface area contributed by atoms with E-state index in [1.807, 2.05) is 0 Å². The molecule has 0 aliphatic heterocycles. The number of rotatable bonds is 6. The fourth-order valence-electron chi connectivity index (χ4n) is 2.68. The van der Waals surface area contributed by atoms with E-state index in [0.29, 0.717) is 11.4 Å². The molecule has 3 N–H and O–H groups in total. The monoisotopic (exact) mass is 423 g/mol. The number of benzene rings is 2. The van der Waals surface area contributed by atoms with Crippen molar-refractivity contribution in [3.05, 3.63) is 84.2 Å². The third kappa shape index (κ3) is 4.78. The van der Waals surface area contributed by atoms with Gasteiger partial charge in [-0.25, -0.2) is 18.6 Å². The number of nitrogens with zero attached hydrogens (tertiary/aromatic N) is 5. The van der Waals surface area contributed by atoms with E-state index in [-0.39, 0.29) is 35.8 Å². The number of esters is 1. The Morgan fingerprint density at radius 2 is 1.68 bits per heavy atom. The zero-order valence-electron chi connectivity index (χ0n) is 15.9. The molecule has 0 fully saturated rings. The van der Waals surface area contributed by atoms with Gasteiger partial charge in [0.05, 0.1) is 12.5 Å². The normalized spacial score (nSPS) is 10.6. The number of halogens is 2. The summed E-state index contributed by atoms with van der Waals surface area (Å²) < 4.78 is 32.9. The van der Waals surface area contributed by atoms with Crippen molar-refractivity contribution in [2.75, 3.05) is 11.1 Å². The van der Waals surface area contributed by atoms with E-state index in [4.69, 9.17) is 10.5 Å². The smallest absolute Gasteiger partial charge is 0.357 e. The first-order valence-corrected chi connectivity index (χ1v) is 8.96. The van der Waals surface area contributed by atoms with E-state index in [0.717, 1.165) is 0 Å². The summed E-state index contributed by atoms with van der Waals surface area (Å²) >= 11 is 0. The van der Waals surface area contributed by atoms with Crippen LogP contribution in [0.25, 0.3) is 5.69 Å². The molecule has 9 nitrogen and oxygen atoms in total. The van der Waals surface area contributed by atoms with Crippen LogP contribution in [0.3, 0.4) is 0 Å². The van der Waals surface area contributed by atoms with E-state index < -0.39 is 11.8 Å². The Bertz CT molecular complexity index is 1210. The van der Waals surface area contributed by atoms with Crippen molar-refractivity contribution in [2.24, 2.45) is 0 Å². The van der Waals surface area contributed by atoms with Gasteiger partial charge in [-0.1, -0.05) is 0 Å². The number of nitrogens with one attached hydrogen (secondary N) is 1. The van der Waals surface area contributed by atoms with Crippen LogP contribution >= 0.6 is 0 Å². The second-order valence-corrected chi connectivity index (χ2v) is 6.27. The van der Waals surface area contributed by atoms with Crippen molar-refractivity contribution in [2.45, 2.75) is 6.61 Å². The molecule has 0 spiro atoms. The lowest BCUT2D eigenvalue weighted by atomic mass is 10.3. The highest BCUT2D eigenvalue weighted by Gasteiger charge is 2.16. The summed E-state index contributed by atoms with van der Waals surface area (Å²) in [4.78, 5) is 28.5. The summed E-state index contributed by atoms with van der Waals surface area (Å²) in [6.07, 6.45) is 2.74. The molecule has 0 aliphatic carbocycles. The van der Waals surface area contributed by atoms with Crippen molar-refractivity contribution in [1.29, 1.82) is 0 Å². The molecule has 0 bridgehead atoms. The number of carbonyl (C=O) groups excluding carboxylic acids is 1. The van der Waals surface area contributed by atoms with E-state index >= 15 is 0 Å². The Balaban J connectivity index is 1.46. The highest BCUT2D eigenvalue weighted by Crippen LogP contribution is 2.16. The van der Waals surface area contributed by atoms with Crippen LogP contribution < -0.4 is 11.1 Å². The van der Waals surface area contributed by atoms with Gasteiger partial charge in [0, 0.05) is 11.4 Å². The Morgan fingerprint density at radius 1 is 1.00 bits per heavy atom. The molecule has 0 saturated heterocycles. The minimum absolute atomic E-state index is 0.0815. The quantitative estimate of drug-likeness (QED) is 0.454. The SMILES string of the molecule is Nc1nc(COC(=O)c2cncn2-c2ccc(F)cc2)nc(Nc2ccc(F)cc2)n1. The van der Waals surface area contributed by atoms with Gasteiger partial charge < -0.3 is 15.8 Å². The Kier molecular flexibility index (Phi) is 5.47. The van der Waals surface area contributed by atoms with Crippen LogP contribution in [0.4, 0.5) is 26.4 Å². The number of nitrogen functional groups attached to an aromatic ring is 1. The molecule has 2 aromatic carbocycles. The van der Waals surface area contributed by atoms with Gasteiger partial charge in [-0.3, -0.25) is 4.57 Å². The molecule has 0 atom stereocenters. The third-order valence-electron chi connectivity index (χ3n) is 4.08. The van der Waals surface area contributed by atoms with Crippen LogP contribution in [0.5, 0.6) is 0 Å². The maximum absolute atomic E-state index is 13.1. The van der Waals surface area contributed by atoms with Gasteiger partial charge in [0.25, 0.3) is 0 Å². The predicted octanol–water partition coefficient (Wildman–Crippen LogP) is 3.02. The van der Waals surface area contributed by atoms with E-state index in [1.165, 1.54) is 65.6 Å². The Morgan fingerprint density at radius 3 is 2.39 bits per heavy atom. The van der Waals surface area contributed by atoms with Gasteiger partial charge >= 0.3 is 5.97 Å². The van der Waals surface area contributed by atoms with Gasteiger partial charge in [0.2, 0.25) is 11.9 Å². The first-order valence-electron chi connectivity index (χ1n) is 8.96. The molecular formula is C20H15F2N7O2. The van der Waals surface area contributed by atoms with E-state index in [1.54, 1.807) is 0 Å². The fraction of sp³-hybridized carbons (Fsp3) is 0.0500. The molecule has 11 heteroatoms. The molecule has 4 aromatic rings. The highest BCUT2D eigenvalue weighted by molar-refractivity contribution is 5.88. The van der Waals surface area contributed by atoms with Crippen LogP contribution in [0, 0.1) is 11.6 Å². The molecule has 31 heavy (non-hydrogen) atoms. The number of carbonyl (C=O) groups is 1. The van der Waals surface area contributed by atoms with Crippen molar-refractivity contribution in [3.63, 3.8) is 0 Å². The van der Waals surface area contributed by atoms with Crippen LogP contribution in [-0.4, -0.2) is 30.5 Å². The zero-order valence-corrected chi connectivity index (χ0v) is 15.9. The predicted molar refractivity (Wildman–Crippen MR) is 107 cm³/mol. The molecule has 0 amide bonds. The first-order chi connectivity index (χ1) is 15.0. The molecule has 0 saturated carbocycles. The van der Waals surface area contributed by atoms with Crippen LogP contribution in [-0.2, 0) is 11.3 Å². The first kappa shape index (κ1) is 19.9. The molecule has 0 radical (unpaired) electrons. The third-order valence-corrected chi connectivity index (χ3v) is 4.08. The van der Waals surface area contributed by atoms with Gasteiger partial charge in [-0.15, -0.1) is 0 Å². The second-order valence-electron chi connectivity index (χ2n) is 6.27. The lowest BCUT2D eigenvalue weighted by Gasteiger charge is -2.09. The average molecular weight is 423 g/mol. The maximum Gasteiger partial charge on any atom is 0.357 e. The summed E-state index contributed by atoms with van der Waals surface area (Å²) in [7, 11) is 0. The molecule has 2 aromatic heterocycles. The van der Waals surface area contributed by atoms with Gasteiger partial charge in [0.1, 0.15) is 11.6 Å². The lowest BCUT2D eigenvalue weighted by Crippen LogP contribution is -2.13. The second kappa shape index (κ2) is 8.53. The summed E-state index contributed by atoms with van der Waals surface area (Å²) in [6.45, 7) is -0.280. The zero-order chi connectivity index (χ0) is 21.8. The average Bonchev–Trinajstić information content (AvgIpc) is 3.24. The minimum Gasteiger partial charge on any atom is -0.453 e. The molecule has 0 unspecified atom stereocenters. The highest BCUT2D eigenvalue weighted by atomic mass is 19.1. The molecule has 2 heterocycles. The molecule has 0 aliphatic rings. The number of anilines is 3. The van der Waals surface area contributed by atoms with Crippen molar-refractivity contribution in [1.82, 2.24) is 24.5 Å². The summed E-state index contributed by atoms with van der Waals surface area (Å²) in [5, 5.41) is 2.87. The summed E-state index contributed by atoms with van der Waals surface area (Å²) in [5.41, 5.74) is 6.92. The number of aromatic nitrogens is 5. The van der Waals surface area contributed by atoms with Gasteiger partial charge in [-0.2, -0.15) is 15.0 Å².